The summed E-state index contributed by atoms with van der Waals surface area (Å²) in [5, 5.41) is 3.78. The van der Waals surface area contributed by atoms with Gasteiger partial charge in [0.1, 0.15) is 0 Å². The van der Waals surface area contributed by atoms with E-state index in [0.29, 0.717) is 5.69 Å². The molecule has 0 aliphatic heterocycles. The van der Waals surface area contributed by atoms with Gasteiger partial charge in [0.15, 0.2) is 5.69 Å². The Kier molecular flexibility index (Phi) is 3.13. The smallest absolute Gasteiger partial charge is 0.326 e. The highest BCUT2D eigenvalue weighted by Crippen LogP contribution is 2.33. The van der Waals surface area contributed by atoms with Crippen molar-refractivity contribution in [3.63, 3.8) is 0 Å². The van der Waals surface area contributed by atoms with E-state index in [-0.39, 0.29) is 12.1 Å². The van der Waals surface area contributed by atoms with Crippen LogP contribution < -0.4 is 5.73 Å². The van der Waals surface area contributed by atoms with E-state index in [1.165, 1.54) is 0 Å². The Morgan fingerprint density at radius 2 is 2.06 bits per heavy atom. The van der Waals surface area contributed by atoms with Gasteiger partial charge in [-0.05, 0) is 24.6 Å². The second-order valence-electron chi connectivity index (χ2n) is 3.97. The summed E-state index contributed by atoms with van der Waals surface area (Å²) < 4.78 is 39.9. The van der Waals surface area contributed by atoms with E-state index in [0.717, 1.165) is 16.4 Å². The summed E-state index contributed by atoms with van der Waals surface area (Å²) in [4.78, 5) is 0. The van der Waals surface area contributed by atoms with Gasteiger partial charge in [-0.2, -0.15) is 18.3 Å². The minimum Gasteiger partial charge on any atom is -0.326 e. The van der Waals surface area contributed by atoms with E-state index in [2.05, 4.69) is 5.10 Å². The summed E-state index contributed by atoms with van der Waals surface area (Å²) in [6, 6.07) is 6.72. The lowest BCUT2D eigenvalue weighted by Crippen LogP contribution is -2.16. The fourth-order valence-corrected chi connectivity index (χ4v) is 1.79. The maximum absolute atomic E-state index is 13.0. The Morgan fingerprint density at radius 1 is 1.33 bits per heavy atom. The van der Waals surface area contributed by atoms with Gasteiger partial charge in [0.25, 0.3) is 0 Å². The average molecular weight is 255 g/mol. The van der Waals surface area contributed by atoms with Crippen LogP contribution in [-0.4, -0.2) is 9.78 Å². The van der Waals surface area contributed by atoms with Gasteiger partial charge in [-0.3, -0.25) is 0 Å². The second kappa shape index (κ2) is 4.45. The van der Waals surface area contributed by atoms with Crippen LogP contribution in [0.1, 0.15) is 16.8 Å². The lowest BCUT2D eigenvalue weighted by molar-refractivity contribution is -0.143. The Bertz CT molecular complexity index is 558. The molecule has 0 aliphatic carbocycles. The third-order valence-corrected chi connectivity index (χ3v) is 2.58. The molecule has 0 spiro atoms. The van der Waals surface area contributed by atoms with E-state index in [1.807, 2.05) is 13.0 Å². The van der Waals surface area contributed by atoms with Crippen LogP contribution in [0.2, 0.25) is 0 Å². The minimum atomic E-state index is -4.48. The van der Waals surface area contributed by atoms with Crippen LogP contribution in [0.4, 0.5) is 13.2 Å². The van der Waals surface area contributed by atoms with Crippen molar-refractivity contribution in [2.24, 2.45) is 5.73 Å². The quantitative estimate of drug-likeness (QED) is 0.896. The molecule has 1 aromatic carbocycles. The van der Waals surface area contributed by atoms with Crippen LogP contribution >= 0.6 is 0 Å². The van der Waals surface area contributed by atoms with Gasteiger partial charge < -0.3 is 5.73 Å². The third-order valence-electron chi connectivity index (χ3n) is 2.58. The predicted molar refractivity (Wildman–Crippen MR) is 61.2 cm³/mol. The molecule has 0 saturated carbocycles. The van der Waals surface area contributed by atoms with Crippen LogP contribution in [0.15, 0.2) is 30.5 Å². The first-order chi connectivity index (χ1) is 8.43. The molecule has 0 bridgehead atoms. The molecule has 96 valence electrons. The van der Waals surface area contributed by atoms with Crippen LogP contribution in [0.25, 0.3) is 5.69 Å². The number of rotatable bonds is 2. The van der Waals surface area contributed by atoms with Gasteiger partial charge >= 0.3 is 6.18 Å². The molecule has 18 heavy (non-hydrogen) atoms. The number of nitrogens with two attached hydrogens (primary N) is 1. The van der Waals surface area contributed by atoms with Crippen molar-refractivity contribution < 1.29 is 13.2 Å². The molecule has 0 fully saturated rings. The number of hydrogen-bond donors (Lipinski definition) is 1. The van der Waals surface area contributed by atoms with E-state index in [4.69, 9.17) is 5.73 Å². The molecule has 1 aromatic heterocycles. The number of alkyl halides is 3. The minimum absolute atomic E-state index is 0.0102. The summed E-state index contributed by atoms with van der Waals surface area (Å²) in [5.74, 6) is 0. The molecule has 6 heteroatoms. The summed E-state index contributed by atoms with van der Waals surface area (Å²) in [6.07, 6.45) is -3.32. The van der Waals surface area contributed by atoms with Gasteiger partial charge in [0, 0.05) is 12.1 Å². The second-order valence-corrected chi connectivity index (χ2v) is 3.97. The fraction of sp³-hybridized carbons (Fsp3) is 0.250. The molecule has 0 amide bonds. The molecular weight excluding hydrogens is 243 g/mol. The zero-order valence-electron chi connectivity index (χ0n) is 9.70. The van der Waals surface area contributed by atoms with Crippen LogP contribution in [-0.2, 0) is 12.7 Å². The van der Waals surface area contributed by atoms with Gasteiger partial charge in [-0.1, -0.05) is 12.1 Å². The van der Waals surface area contributed by atoms with Crippen LogP contribution in [0, 0.1) is 6.92 Å². The molecule has 0 saturated heterocycles. The molecule has 2 rings (SSSR count). The predicted octanol–water partition coefficient (Wildman–Crippen LogP) is 2.66. The Labute approximate surface area is 102 Å². The summed E-state index contributed by atoms with van der Waals surface area (Å²) in [6.45, 7) is 1.62. The topological polar surface area (TPSA) is 43.8 Å². The first kappa shape index (κ1) is 12.6. The van der Waals surface area contributed by atoms with Gasteiger partial charge in [-0.15, -0.1) is 0 Å². The van der Waals surface area contributed by atoms with E-state index >= 15 is 0 Å². The number of halogens is 3. The maximum Gasteiger partial charge on any atom is 0.433 e. The van der Waals surface area contributed by atoms with Crippen molar-refractivity contribution in [2.75, 3.05) is 0 Å². The van der Waals surface area contributed by atoms with Crippen molar-refractivity contribution in [1.82, 2.24) is 9.78 Å². The van der Waals surface area contributed by atoms with Crippen LogP contribution in [0.3, 0.4) is 0 Å². The van der Waals surface area contributed by atoms with Crippen LogP contribution in [0.5, 0.6) is 0 Å². The molecule has 1 heterocycles. The highest BCUT2D eigenvalue weighted by Gasteiger charge is 2.38. The molecule has 0 radical (unpaired) electrons. The molecule has 0 unspecified atom stereocenters. The third kappa shape index (κ3) is 2.24. The Balaban J connectivity index is 2.62. The Hall–Kier alpha value is -1.82. The SMILES string of the molecule is Cc1cccc(-n2ncc(CN)c2C(F)(F)F)c1. The highest BCUT2D eigenvalue weighted by molar-refractivity contribution is 5.38. The average Bonchev–Trinajstić information content (AvgIpc) is 2.72. The number of aromatic nitrogens is 2. The highest BCUT2D eigenvalue weighted by atomic mass is 19.4. The maximum atomic E-state index is 13.0. The summed E-state index contributed by atoms with van der Waals surface area (Å²) >= 11 is 0. The number of nitrogens with zero attached hydrogens (tertiary/aromatic N) is 2. The van der Waals surface area contributed by atoms with Crippen molar-refractivity contribution in [1.29, 1.82) is 0 Å². The molecule has 0 atom stereocenters. The van der Waals surface area contributed by atoms with Gasteiger partial charge in [0.05, 0.1) is 11.9 Å². The number of hydrogen-bond acceptors (Lipinski definition) is 2. The normalized spacial score (nSPS) is 11.8. The molecule has 2 N–H and O–H groups in total. The summed E-state index contributed by atoms with van der Waals surface area (Å²) in [7, 11) is 0. The lowest BCUT2D eigenvalue weighted by Gasteiger charge is -2.12. The number of aryl methyl sites for hydroxylation is 1. The lowest BCUT2D eigenvalue weighted by atomic mass is 10.2. The van der Waals surface area contributed by atoms with Crippen molar-refractivity contribution >= 4 is 0 Å². The molecule has 2 aromatic rings. The zero-order valence-corrected chi connectivity index (χ0v) is 9.70. The standard InChI is InChI=1S/C12H12F3N3/c1-8-3-2-4-10(5-8)18-11(12(13,14)15)9(6-16)7-17-18/h2-5,7H,6,16H2,1H3. The van der Waals surface area contributed by atoms with E-state index < -0.39 is 11.9 Å². The van der Waals surface area contributed by atoms with Gasteiger partial charge in [-0.25, -0.2) is 4.68 Å². The van der Waals surface area contributed by atoms with Crippen molar-refractivity contribution in [2.45, 2.75) is 19.6 Å². The van der Waals surface area contributed by atoms with Crippen molar-refractivity contribution in [3.05, 3.63) is 47.3 Å². The summed E-state index contributed by atoms with van der Waals surface area (Å²) in [5.41, 5.74) is 5.74. The largest absolute Gasteiger partial charge is 0.433 e. The molecule has 0 aliphatic rings. The van der Waals surface area contributed by atoms with E-state index in [1.54, 1.807) is 18.2 Å². The monoisotopic (exact) mass is 255 g/mol. The van der Waals surface area contributed by atoms with Gasteiger partial charge in [0.2, 0.25) is 0 Å². The number of benzene rings is 1. The Morgan fingerprint density at radius 3 is 2.61 bits per heavy atom. The first-order valence-electron chi connectivity index (χ1n) is 5.34. The first-order valence-corrected chi connectivity index (χ1v) is 5.34. The zero-order chi connectivity index (χ0) is 13.3. The van der Waals surface area contributed by atoms with Crippen molar-refractivity contribution in [3.8, 4) is 5.69 Å². The van der Waals surface area contributed by atoms with E-state index in [9.17, 15) is 13.2 Å². The molecule has 3 nitrogen and oxygen atoms in total. The fourth-order valence-electron chi connectivity index (χ4n) is 1.79. The molecular formula is C12H12F3N3.